The predicted octanol–water partition coefficient (Wildman–Crippen LogP) is -0.0794. The topological polar surface area (TPSA) is 35.5 Å². The second kappa shape index (κ2) is 4.98. The molecule has 0 bridgehead atoms. The van der Waals surface area contributed by atoms with Crippen LogP contribution in [0.25, 0.3) is 0 Å². The highest BCUT2D eigenvalue weighted by Crippen LogP contribution is 2.12. The zero-order valence-corrected chi connectivity index (χ0v) is 7.73. The molecule has 1 aliphatic rings. The monoisotopic (exact) mass is 176 g/mol. The van der Waals surface area contributed by atoms with Crippen molar-refractivity contribution in [3.63, 3.8) is 0 Å². The van der Waals surface area contributed by atoms with Gasteiger partial charge in [-0.05, 0) is 19.2 Å². The van der Waals surface area contributed by atoms with Gasteiger partial charge in [0.1, 0.15) is 5.50 Å². The van der Waals surface area contributed by atoms with E-state index in [4.69, 9.17) is 5.11 Å². The summed E-state index contributed by atoms with van der Waals surface area (Å²) in [5, 5.41) is 12.1. The summed E-state index contributed by atoms with van der Waals surface area (Å²) in [6, 6.07) is 0. The van der Waals surface area contributed by atoms with Crippen molar-refractivity contribution >= 4 is 11.8 Å². The summed E-state index contributed by atoms with van der Waals surface area (Å²) in [5.41, 5.74) is 0.413. The maximum absolute atomic E-state index is 8.75. The van der Waals surface area contributed by atoms with Crippen LogP contribution in [0, 0.1) is 0 Å². The number of hydrogen-bond acceptors (Lipinski definition) is 4. The molecule has 0 spiro atoms. The van der Waals surface area contributed by atoms with Crippen LogP contribution < -0.4 is 5.32 Å². The first-order chi connectivity index (χ1) is 5.38. The Kier molecular flexibility index (Phi) is 4.22. The van der Waals surface area contributed by atoms with E-state index in [2.05, 4.69) is 16.5 Å². The summed E-state index contributed by atoms with van der Waals surface area (Å²) < 4.78 is 0. The van der Waals surface area contributed by atoms with Gasteiger partial charge in [0.05, 0.1) is 6.61 Å². The van der Waals surface area contributed by atoms with Crippen LogP contribution in [0.15, 0.2) is 0 Å². The highest BCUT2D eigenvalue weighted by molar-refractivity contribution is 7.99. The SMILES string of the molecule is CSC1NCCCN1CCO. The maximum atomic E-state index is 8.75. The van der Waals surface area contributed by atoms with Gasteiger partial charge in [0.15, 0.2) is 0 Å². The lowest BCUT2D eigenvalue weighted by Gasteiger charge is -2.34. The van der Waals surface area contributed by atoms with Crippen molar-refractivity contribution < 1.29 is 5.11 Å². The molecule has 1 heterocycles. The van der Waals surface area contributed by atoms with Crippen molar-refractivity contribution in [3.05, 3.63) is 0 Å². The Bertz CT molecular complexity index is 111. The molecule has 1 rings (SSSR count). The number of thioether (sulfide) groups is 1. The molecule has 1 aliphatic heterocycles. The Morgan fingerprint density at radius 3 is 3.18 bits per heavy atom. The quantitative estimate of drug-likeness (QED) is 0.630. The van der Waals surface area contributed by atoms with E-state index in [0.717, 1.165) is 19.6 Å². The normalized spacial score (nSPS) is 27.3. The van der Waals surface area contributed by atoms with E-state index >= 15 is 0 Å². The number of aliphatic hydroxyl groups excluding tert-OH is 1. The molecule has 1 unspecified atom stereocenters. The van der Waals surface area contributed by atoms with Gasteiger partial charge in [-0.2, -0.15) is 0 Å². The van der Waals surface area contributed by atoms with Crippen molar-refractivity contribution in [1.82, 2.24) is 10.2 Å². The van der Waals surface area contributed by atoms with Crippen LogP contribution in [-0.4, -0.2) is 48.0 Å². The Morgan fingerprint density at radius 2 is 2.55 bits per heavy atom. The van der Waals surface area contributed by atoms with E-state index < -0.39 is 0 Å². The predicted molar refractivity (Wildman–Crippen MR) is 48.6 cm³/mol. The first-order valence-corrected chi connectivity index (χ1v) is 5.28. The highest BCUT2D eigenvalue weighted by Gasteiger charge is 2.19. The highest BCUT2D eigenvalue weighted by atomic mass is 32.2. The fraction of sp³-hybridized carbons (Fsp3) is 1.00. The van der Waals surface area contributed by atoms with Gasteiger partial charge >= 0.3 is 0 Å². The molecule has 0 radical (unpaired) electrons. The Morgan fingerprint density at radius 1 is 1.73 bits per heavy atom. The average Bonchev–Trinajstić information content (AvgIpc) is 2.06. The van der Waals surface area contributed by atoms with E-state index in [1.165, 1.54) is 6.42 Å². The minimum absolute atomic E-state index is 0.263. The molecule has 2 N–H and O–H groups in total. The molecule has 66 valence electrons. The third-order valence-corrected chi connectivity index (χ3v) is 2.79. The summed E-state index contributed by atoms with van der Waals surface area (Å²) >= 11 is 1.80. The molecule has 1 atom stereocenters. The van der Waals surface area contributed by atoms with E-state index in [9.17, 15) is 0 Å². The molecule has 0 aromatic rings. The minimum atomic E-state index is 0.263. The summed E-state index contributed by atoms with van der Waals surface area (Å²) in [6.45, 7) is 3.27. The first-order valence-electron chi connectivity index (χ1n) is 3.99. The molecule has 0 aromatic heterocycles. The van der Waals surface area contributed by atoms with Gasteiger partial charge in [0, 0.05) is 13.1 Å². The molecule has 0 amide bonds. The minimum Gasteiger partial charge on any atom is -0.395 e. The molecule has 11 heavy (non-hydrogen) atoms. The summed E-state index contributed by atoms with van der Waals surface area (Å²) in [6.07, 6.45) is 3.28. The van der Waals surface area contributed by atoms with Gasteiger partial charge in [-0.25, -0.2) is 0 Å². The molecular formula is C7H16N2OS. The molecule has 1 fully saturated rings. The summed E-state index contributed by atoms with van der Waals surface area (Å²) in [4.78, 5) is 2.27. The lowest BCUT2D eigenvalue weighted by atomic mass is 10.3. The summed E-state index contributed by atoms with van der Waals surface area (Å²) in [7, 11) is 0. The van der Waals surface area contributed by atoms with E-state index in [1.54, 1.807) is 11.8 Å². The molecule has 3 nitrogen and oxygen atoms in total. The van der Waals surface area contributed by atoms with Crippen LogP contribution in [0.1, 0.15) is 6.42 Å². The van der Waals surface area contributed by atoms with Gasteiger partial charge in [-0.1, -0.05) is 0 Å². The maximum Gasteiger partial charge on any atom is 0.108 e. The first kappa shape index (κ1) is 9.32. The van der Waals surface area contributed by atoms with E-state index in [0.29, 0.717) is 5.50 Å². The zero-order valence-electron chi connectivity index (χ0n) is 6.92. The third-order valence-electron chi connectivity index (χ3n) is 1.88. The Hall–Kier alpha value is 0.230. The summed E-state index contributed by atoms with van der Waals surface area (Å²) in [5.74, 6) is 0. The van der Waals surface area contributed by atoms with Crippen LogP contribution in [0.2, 0.25) is 0 Å². The average molecular weight is 176 g/mol. The van der Waals surface area contributed by atoms with Crippen LogP contribution >= 0.6 is 11.8 Å². The zero-order chi connectivity index (χ0) is 8.10. The fourth-order valence-electron chi connectivity index (χ4n) is 1.34. The van der Waals surface area contributed by atoms with Gasteiger partial charge in [-0.3, -0.25) is 10.2 Å². The number of nitrogens with one attached hydrogen (secondary N) is 1. The second-order valence-electron chi connectivity index (χ2n) is 2.66. The van der Waals surface area contributed by atoms with Gasteiger partial charge < -0.3 is 5.11 Å². The number of rotatable bonds is 3. The standard InChI is InChI=1S/C7H16N2OS/c1-11-7-8-3-2-4-9(7)5-6-10/h7-8,10H,2-6H2,1H3. The molecular weight excluding hydrogens is 160 g/mol. The number of β-amino-alcohol motifs (C(OH)–C–C–N with tert-alkyl or cyclic N) is 1. The van der Waals surface area contributed by atoms with Gasteiger partial charge in [0.25, 0.3) is 0 Å². The van der Waals surface area contributed by atoms with Crippen molar-refractivity contribution in [3.8, 4) is 0 Å². The van der Waals surface area contributed by atoms with Gasteiger partial charge in [0.2, 0.25) is 0 Å². The Balaban J connectivity index is 2.31. The van der Waals surface area contributed by atoms with E-state index in [-0.39, 0.29) is 6.61 Å². The number of hydrogen-bond donors (Lipinski definition) is 2. The third kappa shape index (κ3) is 2.63. The van der Waals surface area contributed by atoms with Crippen molar-refractivity contribution in [2.24, 2.45) is 0 Å². The van der Waals surface area contributed by atoms with Crippen molar-refractivity contribution in [2.75, 3.05) is 32.5 Å². The second-order valence-corrected chi connectivity index (χ2v) is 3.57. The fourth-order valence-corrected chi connectivity index (χ4v) is 2.14. The van der Waals surface area contributed by atoms with Crippen molar-refractivity contribution in [1.29, 1.82) is 0 Å². The van der Waals surface area contributed by atoms with Gasteiger partial charge in [-0.15, -0.1) is 11.8 Å². The smallest absolute Gasteiger partial charge is 0.108 e. The molecule has 0 aromatic carbocycles. The van der Waals surface area contributed by atoms with Crippen LogP contribution in [-0.2, 0) is 0 Å². The lowest BCUT2D eigenvalue weighted by Crippen LogP contribution is -2.50. The molecule has 0 aliphatic carbocycles. The molecule has 1 saturated heterocycles. The Labute approximate surface area is 72.2 Å². The lowest BCUT2D eigenvalue weighted by molar-refractivity contribution is 0.149. The number of nitrogens with zero attached hydrogens (tertiary/aromatic N) is 1. The van der Waals surface area contributed by atoms with Crippen LogP contribution in [0.3, 0.4) is 0 Å². The van der Waals surface area contributed by atoms with Crippen LogP contribution in [0.4, 0.5) is 0 Å². The van der Waals surface area contributed by atoms with Crippen LogP contribution in [0.5, 0.6) is 0 Å². The van der Waals surface area contributed by atoms with E-state index in [1.807, 2.05) is 0 Å². The van der Waals surface area contributed by atoms with Crippen molar-refractivity contribution in [2.45, 2.75) is 11.9 Å². The molecule has 0 saturated carbocycles. The molecule has 4 heteroatoms. The number of aliphatic hydroxyl groups is 1. The largest absolute Gasteiger partial charge is 0.395 e.